The van der Waals surface area contributed by atoms with Gasteiger partial charge in [-0.2, -0.15) is 0 Å². The van der Waals surface area contributed by atoms with Crippen LogP contribution < -0.4 is 10.2 Å². The molecule has 0 spiro atoms. The fourth-order valence-corrected chi connectivity index (χ4v) is 3.41. The van der Waals surface area contributed by atoms with E-state index in [1.165, 1.54) is 13.0 Å². The monoisotopic (exact) mass is 396 g/mol. The third kappa shape index (κ3) is 4.53. The predicted molar refractivity (Wildman–Crippen MR) is 111 cm³/mol. The number of nitro groups is 1. The highest BCUT2D eigenvalue weighted by atomic mass is 16.6. The van der Waals surface area contributed by atoms with E-state index in [4.69, 9.17) is 0 Å². The Morgan fingerprint density at radius 1 is 1.03 bits per heavy atom. The molecule has 2 aromatic carbocycles. The van der Waals surface area contributed by atoms with E-state index >= 15 is 0 Å². The Morgan fingerprint density at radius 3 is 2.34 bits per heavy atom. The summed E-state index contributed by atoms with van der Waals surface area (Å²) < 4.78 is 0. The fraction of sp³-hybridized carbons (Fsp3) is 0.333. The van der Waals surface area contributed by atoms with Crippen LogP contribution in [0.25, 0.3) is 0 Å². The second-order valence-electron chi connectivity index (χ2n) is 7.23. The van der Waals surface area contributed by atoms with Crippen LogP contribution in [0.15, 0.2) is 36.4 Å². The highest BCUT2D eigenvalue weighted by Crippen LogP contribution is 2.30. The number of aryl methyl sites for hydroxylation is 2. The minimum Gasteiger partial charge on any atom is -0.362 e. The molecule has 1 fully saturated rings. The number of piperazine rings is 1. The zero-order valence-corrected chi connectivity index (χ0v) is 16.8. The molecule has 1 aliphatic rings. The van der Waals surface area contributed by atoms with Crippen molar-refractivity contribution in [3.05, 3.63) is 63.2 Å². The summed E-state index contributed by atoms with van der Waals surface area (Å²) in [7, 11) is 0. The molecule has 8 nitrogen and oxygen atoms in total. The summed E-state index contributed by atoms with van der Waals surface area (Å²) in [5.74, 6) is -0.396. The molecule has 0 aromatic heterocycles. The first-order chi connectivity index (χ1) is 13.8. The highest BCUT2D eigenvalue weighted by Gasteiger charge is 2.26. The number of carbonyl (C=O) groups excluding carboxylic acids is 2. The molecule has 1 heterocycles. The molecule has 1 aliphatic heterocycles. The van der Waals surface area contributed by atoms with Gasteiger partial charge in [0.25, 0.3) is 11.6 Å². The van der Waals surface area contributed by atoms with E-state index in [-0.39, 0.29) is 17.2 Å². The van der Waals surface area contributed by atoms with Gasteiger partial charge in [-0.1, -0.05) is 12.1 Å². The number of anilines is 2. The van der Waals surface area contributed by atoms with Crippen LogP contribution in [0.4, 0.5) is 17.1 Å². The molecule has 1 saturated heterocycles. The van der Waals surface area contributed by atoms with E-state index in [1.807, 2.05) is 36.9 Å². The van der Waals surface area contributed by atoms with Gasteiger partial charge in [0.2, 0.25) is 5.91 Å². The van der Waals surface area contributed by atoms with Gasteiger partial charge in [-0.05, 0) is 43.2 Å². The van der Waals surface area contributed by atoms with Gasteiger partial charge < -0.3 is 15.1 Å². The van der Waals surface area contributed by atoms with Crippen molar-refractivity contribution in [3.8, 4) is 0 Å². The minimum atomic E-state index is -0.471. The molecule has 0 aliphatic carbocycles. The molecule has 1 N–H and O–H groups in total. The smallest absolute Gasteiger partial charge is 0.293 e. The number of benzene rings is 2. The number of nitrogens with one attached hydrogen (secondary N) is 1. The van der Waals surface area contributed by atoms with Gasteiger partial charge in [0.15, 0.2) is 0 Å². The van der Waals surface area contributed by atoms with Crippen molar-refractivity contribution in [2.75, 3.05) is 36.4 Å². The summed E-state index contributed by atoms with van der Waals surface area (Å²) in [6, 6.07) is 10.3. The van der Waals surface area contributed by atoms with Crippen molar-refractivity contribution >= 4 is 28.9 Å². The molecule has 0 saturated carbocycles. The second kappa shape index (κ2) is 8.30. The lowest BCUT2D eigenvalue weighted by Crippen LogP contribution is -2.48. The maximum atomic E-state index is 12.7. The highest BCUT2D eigenvalue weighted by molar-refractivity contribution is 6.05. The first kappa shape index (κ1) is 20.3. The molecule has 152 valence electrons. The molecular weight excluding hydrogens is 372 g/mol. The van der Waals surface area contributed by atoms with Crippen molar-refractivity contribution in [1.29, 1.82) is 0 Å². The summed E-state index contributed by atoms with van der Waals surface area (Å²) in [5, 5.41) is 14.5. The van der Waals surface area contributed by atoms with Gasteiger partial charge in [-0.15, -0.1) is 0 Å². The molecule has 0 atom stereocenters. The molecule has 0 unspecified atom stereocenters. The predicted octanol–water partition coefficient (Wildman–Crippen LogP) is 3.13. The van der Waals surface area contributed by atoms with E-state index in [1.54, 1.807) is 17.0 Å². The lowest BCUT2D eigenvalue weighted by atomic mass is 10.1. The fourth-order valence-electron chi connectivity index (χ4n) is 3.41. The van der Waals surface area contributed by atoms with Crippen LogP contribution >= 0.6 is 0 Å². The molecule has 29 heavy (non-hydrogen) atoms. The normalized spacial score (nSPS) is 13.9. The van der Waals surface area contributed by atoms with Gasteiger partial charge in [0.1, 0.15) is 5.69 Å². The average Bonchev–Trinajstić information content (AvgIpc) is 2.70. The van der Waals surface area contributed by atoms with E-state index < -0.39 is 10.8 Å². The van der Waals surface area contributed by atoms with E-state index in [0.29, 0.717) is 37.6 Å². The van der Waals surface area contributed by atoms with Gasteiger partial charge in [-0.3, -0.25) is 19.7 Å². The second-order valence-corrected chi connectivity index (χ2v) is 7.23. The van der Waals surface area contributed by atoms with Crippen molar-refractivity contribution in [2.45, 2.75) is 20.8 Å². The molecule has 0 radical (unpaired) electrons. The lowest BCUT2D eigenvalue weighted by molar-refractivity contribution is -0.384. The summed E-state index contributed by atoms with van der Waals surface area (Å²) in [6.07, 6.45) is 0. The SMILES string of the molecule is CC(=O)N1CCN(c2ccc(C(=O)Nc3cc(C)ccc3C)cc2[N+](=O)[O-])CC1. The third-order valence-corrected chi connectivity index (χ3v) is 5.14. The molecule has 2 aromatic rings. The molecule has 2 amide bonds. The molecule has 0 bridgehead atoms. The summed E-state index contributed by atoms with van der Waals surface area (Å²) >= 11 is 0. The Labute approximate surface area is 169 Å². The first-order valence-electron chi connectivity index (χ1n) is 9.44. The summed E-state index contributed by atoms with van der Waals surface area (Å²) in [6.45, 7) is 7.38. The number of amides is 2. The zero-order chi connectivity index (χ0) is 21.1. The van der Waals surface area contributed by atoms with Gasteiger partial charge >= 0.3 is 0 Å². The number of nitrogens with zero attached hydrogens (tertiary/aromatic N) is 3. The van der Waals surface area contributed by atoms with Crippen LogP contribution in [0.5, 0.6) is 0 Å². The molecule has 3 rings (SSSR count). The van der Waals surface area contributed by atoms with Crippen LogP contribution in [0.2, 0.25) is 0 Å². The van der Waals surface area contributed by atoms with Crippen molar-refractivity contribution in [2.24, 2.45) is 0 Å². The van der Waals surface area contributed by atoms with E-state index in [0.717, 1.165) is 11.1 Å². The zero-order valence-electron chi connectivity index (χ0n) is 16.8. The molecule has 8 heteroatoms. The maximum Gasteiger partial charge on any atom is 0.293 e. The Morgan fingerprint density at radius 2 is 1.72 bits per heavy atom. The Bertz CT molecular complexity index is 965. The molecular formula is C21H24N4O4. The van der Waals surface area contributed by atoms with Crippen LogP contribution in [0, 0.1) is 24.0 Å². The van der Waals surface area contributed by atoms with E-state index in [9.17, 15) is 19.7 Å². The maximum absolute atomic E-state index is 12.7. The number of carbonyl (C=O) groups is 2. The minimum absolute atomic E-state index is 0.00221. The van der Waals surface area contributed by atoms with Crippen LogP contribution in [-0.2, 0) is 4.79 Å². The van der Waals surface area contributed by atoms with Crippen molar-refractivity contribution in [1.82, 2.24) is 4.90 Å². The van der Waals surface area contributed by atoms with Gasteiger partial charge in [0.05, 0.1) is 4.92 Å². The number of hydrogen-bond donors (Lipinski definition) is 1. The summed E-state index contributed by atoms with van der Waals surface area (Å²) in [4.78, 5) is 38.9. The number of rotatable bonds is 4. The largest absolute Gasteiger partial charge is 0.362 e. The topological polar surface area (TPSA) is 95.8 Å². The van der Waals surface area contributed by atoms with Crippen molar-refractivity contribution in [3.63, 3.8) is 0 Å². The third-order valence-electron chi connectivity index (χ3n) is 5.14. The summed E-state index contributed by atoms with van der Waals surface area (Å²) in [5.41, 5.74) is 3.18. The van der Waals surface area contributed by atoms with Gasteiger partial charge in [-0.25, -0.2) is 0 Å². The van der Waals surface area contributed by atoms with Crippen LogP contribution in [0.1, 0.15) is 28.4 Å². The Kier molecular flexibility index (Phi) is 5.81. The number of hydrogen-bond acceptors (Lipinski definition) is 5. The van der Waals surface area contributed by atoms with Crippen LogP contribution in [-0.4, -0.2) is 47.8 Å². The Hall–Kier alpha value is -3.42. The lowest BCUT2D eigenvalue weighted by Gasteiger charge is -2.35. The number of nitro benzene ring substituents is 1. The Balaban J connectivity index is 1.82. The first-order valence-corrected chi connectivity index (χ1v) is 9.44. The van der Waals surface area contributed by atoms with E-state index in [2.05, 4.69) is 5.32 Å². The average molecular weight is 396 g/mol. The standard InChI is InChI=1S/C21H24N4O4/c1-14-4-5-15(2)18(12-14)22-21(27)17-6-7-19(20(13-17)25(28)29)24-10-8-23(9-11-24)16(3)26/h4-7,12-13H,8-11H2,1-3H3,(H,22,27). The quantitative estimate of drug-likeness (QED) is 0.633. The van der Waals surface area contributed by atoms with Gasteiger partial charge in [0, 0.05) is 50.4 Å². The van der Waals surface area contributed by atoms with Crippen LogP contribution in [0.3, 0.4) is 0 Å². The van der Waals surface area contributed by atoms with Crippen molar-refractivity contribution < 1.29 is 14.5 Å².